The molecule has 25 heavy (non-hydrogen) atoms. The first kappa shape index (κ1) is 15.4. The molecule has 2 heterocycles. The maximum Gasteiger partial charge on any atom is 0.269 e. The standard InChI is InChI=1S/C18H17N5O2/c19-8-11-3-1-2-4-14(11)17-20-10-15-18(25)21-9-13(23(15)17)7-16(24)22-12-5-6-12/h1-4,10,12-13H,5-7,9H2,(H,21,25)(H,22,24). The predicted octanol–water partition coefficient (Wildman–Crippen LogP) is 1.37. The van der Waals surface area contributed by atoms with Crippen LogP contribution in [0.2, 0.25) is 0 Å². The van der Waals surface area contributed by atoms with Crippen LogP contribution in [-0.4, -0.2) is 34.0 Å². The van der Waals surface area contributed by atoms with E-state index in [-0.39, 0.29) is 24.3 Å². The van der Waals surface area contributed by atoms with Crippen molar-refractivity contribution in [3.05, 3.63) is 41.7 Å². The fourth-order valence-electron chi connectivity index (χ4n) is 3.16. The van der Waals surface area contributed by atoms with E-state index in [1.807, 2.05) is 12.1 Å². The minimum absolute atomic E-state index is 0.0252. The smallest absolute Gasteiger partial charge is 0.269 e. The maximum absolute atomic E-state index is 12.2. The Morgan fingerprint density at radius 2 is 2.20 bits per heavy atom. The number of nitriles is 1. The van der Waals surface area contributed by atoms with Gasteiger partial charge in [0, 0.05) is 24.6 Å². The van der Waals surface area contributed by atoms with E-state index in [4.69, 9.17) is 0 Å². The molecule has 2 aliphatic rings. The zero-order valence-corrected chi connectivity index (χ0v) is 13.5. The van der Waals surface area contributed by atoms with Gasteiger partial charge in [0.1, 0.15) is 11.5 Å². The molecule has 1 saturated carbocycles. The molecule has 7 nitrogen and oxygen atoms in total. The van der Waals surface area contributed by atoms with Gasteiger partial charge in [-0.15, -0.1) is 0 Å². The van der Waals surface area contributed by atoms with Gasteiger partial charge >= 0.3 is 0 Å². The molecule has 1 aliphatic carbocycles. The highest BCUT2D eigenvalue weighted by molar-refractivity contribution is 5.94. The molecule has 1 aromatic carbocycles. The molecule has 0 radical (unpaired) electrons. The number of rotatable bonds is 4. The second kappa shape index (κ2) is 6.06. The fraction of sp³-hybridized carbons (Fsp3) is 0.333. The number of carbonyl (C=O) groups excluding carboxylic acids is 2. The Hall–Kier alpha value is -3.14. The van der Waals surface area contributed by atoms with Gasteiger partial charge in [-0.25, -0.2) is 4.98 Å². The minimum Gasteiger partial charge on any atom is -0.353 e. The molecular formula is C18H17N5O2. The van der Waals surface area contributed by atoms with Crippen LogP contribution in [0.4, 0.5) is 0 Å². The summed E-state index contributed by atoms with van der Waals surface area (Å²) in [5.41, 5.74) is 1.57. The van der Waals surface area contributed by atoms with Crippen molar-refractivity contribution in [2.45, 2.75) is 31.3 Å². The molecule has 0 saturated heterocycles. The van der Waals surface area contributed by atoms with E-state index in [1.54, 1.807) is 16.7 Å². The van der Waals surface area contributed by atoms with Gasteiger partial charge in [-0.2, -0.15) is 5.26 Å². The summed E-state index contributed by atoms with van der Waals surface area (Å²) in [5, 5.41) is 15.2. The van der Waals surface area contributed by atoms with Crippen LogP contribution in [0.1, 0.15) is 41.4 Å². The molecular weight excluding hydrogens is 318 g/mol. The molecule has 0 spiro atoms. The average Bonchev–Trinajstić information content (AvgIpc) is 3.31. The van der Waals surface area contributed by atoms with E-state index in [0.717, 1.165) is 12.8 Å². The Morgan fingerprint density at radius 3 is 2.96 bits per heavy atom. The zero-order valence-electron chi connectivity index (χ0n) is 13.5. The fourth-order valence-corrected chi connectivity index (χ4v) is 3.16. The molecule has 0 bridgehead atoms. The molecule has 1 aliphatic heterocycles. The van der Waals surface area contributed by atoms with E-state index >= 15 is 0 Å². The molecule has 1 fully saturated rings. The number of carbonyl (C=O) groups is 2. The molecule has 2 aromatic rings. The van der Waals surface area contributed by atoms with E-state index in [9.17, 15) is 14.9 Å². The summed E-state index contributed by atoms with van der Waals surface area (Å²) in [5.74, 6) is 0.307. The molecule has 7 heteroatoms. The van der Waals surface area contributed by atoms with Crippen molar-refractivity contribution < 1.29 is 9.59 Å². The number of nitrogens with one attached hydrogen (secondary N) is 2. The number of imidazole rings is 1. The van der Waals surface area contributed by atoms with Crippen molar-refractivity contribution in [3.8, 4) is 17.5 Å². The summed E-state index contributed by atoms with van der Waals surface area (Å²) in [6.45, 7) is 0.363. The third-order valence-corrected chi connectivity index (χ3v) is 4.54. The lowest BCUT2D eigenvalue weighted by Gasteiger charge is -2.27. The lowest BCUT2D eigenvalue weighted by Crippen LogP contribution is -2.41. The van der Waals surface area contributed by atoms with Crippen molar-refractivity contribution in [3.63, 3.8) is 0 Å². The van der Waals surface area contributed by atoms with Crippen LogP contribution in [0.15, 0.2) is 30.5 Å². The van der Waals surface area contributed by atoms with Gasteiger partial charge in [0.25, 0.3) is 5.91 Å². The van der Waals surface area contributed by atoms with E-state index in [2.05, 4.69) is 21.7 Å². The topological polar surface area (TPSA) is 99.8 Å². The second-order valence-corrected chi connectivity index (χ2v) is 6.40. The predicted molar refractivity (Wildman–Crippen MR) is 89.5 cm³/mol. The first-order valence-electron chi connectivity index (χ1n) is 8.31. The first-order valence-corrected chi connectivity index (χ1v) is 8.31. The molecule has 126 valence electrons. The molecule has 1 aromatic heterocycles. The van der Waals surface area contributed by atoms with Gasteiger partial charge in [0.05, 0.1) is 23.9 Å². The summed E-state index contributed by atoms with van der Waals surface area (Å²) in [7, 11) is 0. The third kappa shape index (κ3) is 2.87. The number of nitrogens with zero attached hydrogens (tertiary/aromatic N) is 3. The van der Waals surface area contributed by atoms with E-state index in [1.165, 1.54) is 6.20 Å². The Kier molecular flexibility index (Phi) is 3.73. The maximum atomic E-state index is 12.2. The highest BCUT2D eigenvalue weighted by Crippen LogP contribution is 2.30. The number of fused-ring (bicyclic) bond motifs is 1. The quantitative estimate of drug-likeness (QED) is 0.881. The van der Waals surface area contributed by atoms with Crippen molar-refractivity contribution >= 4 is 11.8 Å². The highest BCUT2D eigenvalue weighted by Gasteiger charge is 2.32. The number of hydrogen-bond donors (Lipinski definition) is 2. The van der Waals surface area contributed by atoms with Crippen molar-refractivity contribution in [1.29, 1.82) is 5.26 Å². The van der Waals surface area contributed by atoms with Crippen LogP contribution in [-0.2, 0) is 4.79 Å². The highest BCUT2D eigenvalue weighted by atomic mass is 16.2. The SMILES string of the molecule is N#Cc1ccccc1-c1ncc2n1C(CC(=O)NC1CC1)CNC2=O. The molecule has 4 rings (SSSR count). The van der Waals surface area contributed by atoms with Crippen LogP contribution in [0.25, 0.3) is 11.4 Å². The van der Waals surface area contributed by atoms with Gasteiger partial charge in [0.15, 0.2) is 0 Å². The van der Waals surface area contributed by atoms with Crippen LogP contribution < -0.4 is 10.6 Å². The van der Waals surface area contributed by atoms with Gasteiger partial charge < -0.3 is 15.2 Å². The third-order valence-electron chi connectivity index (χ3n) is 4.54. The normalized spacial score (nSPS) is 18.8. The Labute approximate surface area is 144 Å². The first-order chi connectivity index (χ1) is 12.2. The molecule has 1 atom stereocenters. The Bertz CT molecular complexity index is 891. The van der Waals surface area contributed by atoms with Gasteiger partial charge in [0.2, 0.25) is 5.91 Å². The number of amides is 2. The second-order valence-electron chi connectivity index (χ2n) is 6.40. The van der Waals surface area contributed by atoms with Gasteiger partial charge in [-0.3, -0.25) is 9.59 Å². The summed E-state index contributed by atoms with van der Waals surface area (Å²) >= 11 is 0. The largest absolute Gasteiger partial charge is 0.353 e. The lowest BCUT2D eigenvalue weighted by molar-refractivity contribution is -0.122. The zero-order chi connectivity index (χ0) is 17.4. The van der Waals surface area contributed by atoms with E-state index < -0.39 is 0 Å². The summed E-state index contributed by atoms with van der Waals surface area (Å²) in [6, 6.07) is 9.37. The Morgan fingerprint density at radius 1 is 1.40 bits per heavy atom. The minimum atomic E-state index is -0.226. The molecule has 2 N–H and O–H groups in total. The van der Waals surface area contributed by atoms with E-state index in [0.29, 0.717) is 35.2 Å². The summed E-state index contributed by atoms with van der Waals surface area (Å²) in [4.78, 5) is 28.8. The number of benzene rings is 1. The average molecular weight is 335 g/mol. The summed E-state index contributed by atoms with van der Waals surface area (Å²) < 4.78 is 1.79. The Balaban J connectivity index is 1.72. The van der Waals surface area contributed by atoms with Crippen molar-refractivity contribution in [2.75, 3.05) is 6.54 Å². The molecule has 1 unspecified atom stereocenters. The van der Waals surface area contributed by atoms with Crippen molar-refractivity contribution in [1.82, 2.24) is 20.2 Å². The summed E-state index contributed by atoms with van der Waals surface area (Å²) in [6.07, 6.45) is 3.83. The van der Waals surface area contributed by atoms with Crippen LogP contribution in [0, 0.1) is 11.3 Å². The van der Waals surface area contributed by atoms with Crippen molar-refractivity contribution in [2.24, 2.45) is 0 Å². The number of aromatic nitrogens is 2. The monoisotopic (exact) mass is 335 g/mol. The lowest BCUT2D eigenvalue weighted by atomic mass is 10.1. The van der Waals surface area contributed by atoms with Crippen LogP contribution in [0.3, 0.4) is 0 Å². The van der Waals surface area contributed by atoms with Crippen LogP contribution in [0.5, 0.6) is 0 Å². The van der Waals surface area contributed by atoms with Crippen LogP contribution >= 0.6 is 0 Å². The number of hydrogen-bond acceptors (Lipinski definition) is 4. The van der Waals surface area contributed by atoms with Gasteiger partial charge in [-0.1, -0.05) is 12.1 Å². The van der Waals surface area contributed by atoms with Gasteiger partial charge in [-0.05, 0) is 25.0 Å². The molecule has 2 amide bonds.